The van der Waals surface area contributed by atoms with Gasteiger partial charge in [0.2, 0.25) is 0 Å². The van der Waals surface area contributed by atoms with Gasteiger partial charge >= 0.3 is 5.97 Å². The first-order valence-corrected chi connectivity index (χ1v) is 5.91. The average molecular weight is 236 g/mol. The van der Waals surface area contributed by atoms with E-state index in [2.05, 4.69) is 10.8 Å². The van der Waals surface area contributed by atoms with E-state index in [0.717, 1.165) is 12.0 Å². The van der Waals surface area contributed by atoms with Gasteiger partial charge in [-0.05, 0) is 29.9 Å². The van der Waals surface area contributed by atoms with Crippen molar-refractivity contribution in [3.63, 3.8) is 0 Å². The number of hydrogen-bond donors (Lipinski definition) is 1. The van der Waals surface area contributed by atoms with Gasteiger partial charge in [0.1, 0.15) is 0 Å². The van der Waals surface area contributed by atoms with Crippen LogP contribution in [0, 0.1) is 5.92 Å². The van der Waals surface area contributed by atoms with Crippen molar-refractivity contribution >= 4 is 5.97 Å². The molecule has 0 bridgehead atoms. The summed E-state index contributed by atoms with van der Waals surface area (Å²) in [7, 11) is 1.41. The average Bonchev–Trinajstić information content (AvgIpc) is 2.31. The van der Waals surface area contributed by atoms with Gasteiger partial charge < -0.3 is 9.84 Å². The molecule has 0 heterocycles. The van der Waals surface area contributed by atoms with E-state index >= 15 is 0 Å². The molecule has 0 saturated heterocycles. The number of carbonyl (C=O) groups excluding carboxylic acids is 1. The van der Waals surface area contributed by atoms with E-state index in [1.54, 1.807) is 0 Å². The first-order valence-electron chi connectivity index (χ1n) is 5.91. The molecule has 17 heavy (non-hydrogen) atoms. The molecule has 1 atom stereocenters. The summed E-state index contributed by atoms with van der Waals surface area (Å²) in [6.45, 7) is 2.19. The van der Waals surface area contributed by atoms with E-state index in [0.29, 0.717) is 12.8 Å². The molecule has 0 spiro atoms. The molecule has 1 N–H and O–H groups in total. The molecular weight excluding hydrogens is 216 g/mol. The first-order chi connectivity index (χ1) is 8.17. The molecule has 0 amide bonds. The molecule has 1 aromatic rings. The smallest absolute Gasteiger partial charge is 0.305 e. The molecule has 1 rings (SSSR count). The molecule has 94 valence electrons. The lowest BCUT2D eigenvalue weighted by Crippen LogP contribution is -2.10. The third-order valence-corrected chi connectivity index (χ3v) is 2.81. The van der Waals surface area contributed by atoms with Gasteiger partial charge in [-0.15, -0.1) is 0 Å². The SMILES string of the molecule is COC(=O)CC(C)Cc1ccccc1CCO. The van der Waals surface area contributed by atoms with Crippen molar-refractivity contribution in [2.24, 2.45) is 5.92 Å². The normalized spacial score (nSPS) is 12.2. The molecule has 1 unspecified atom stereocenters. The monoisotopic (exact) mass is 236 g/mol. The minimum Gasteiger partial charge on any atom is -0.469 e. The van der Waals surface area contributed by atoms with Gasteiger partial charge in [-0.3, -0.25) is 4.79 Å². The van der Waals surface area contributed by atoms with Crippen LogP contribution in [0.15, 0.2) is 24.3 Å². The molecule has 0 aliphatic carbocycles. The van der Waals surface area contributed by atoms with E-state index in [1.165, 1.54) is 12.7 Å². The third-order valence-electron chi connectivity index (χ3n) is 2.81. The van der Waals surface area contributed by atoms with Crippen LogP contribution in [-0.2, 0) is 22.4 Å². The van der Waals surface area contributed by atoms with Crippen LogP contribution in [0.3, 0.4) is 0 Å². The second-order valence-corrected chi connectivity index (χ2v) is 4.33. The Morgan fingerprint density at radius 2 is 2.00 bits per heavy atom. The molecule has 3 heteroatoms. The van der Waals surface area contributed by atoms with Crippen molar-refractivity contribution in [2.75, 3.05) is 13.7 Å². The Morgan fingerprint density at radius 1 is 1.35 bits per heavy atom. The number of rotatable bonds is 6. The molecule has 3 nitrogen and oxygen atoms in total. The molecular formula is C14H20O3. The third kappa shape index (κ3) is 4.57. The largest absolute Gasteiger partial charge is 0.469 e. The molecule has 0 aliphatic rings. The topological polar surface area (TPSA) is 46.5 Å². The zero-order valence-electron chi connectivity index (χ0n) is 10.5. The summed E-state index contributed by atoms with van der Waals surface area (Å²) in [5.41, 5.74) is 2.37. The number of methoxy groups -OCH3 is 1. The molecule has 0 aliphatic heterocycles. The van der Waals surface area contributed by atoms with E-state index in [4.69, 9.17) is 5.11 Å². The Hall–Kier alpha value is -1.35. The number of ether oxygens (including phenoxy) is 1. The number of carbonyl (C=O) groups is 1. The minimum absolute atomic E-state index is 0.155. The van der Waals surface area contributed by atoms with Crippen molar-refractivity contribution in [3.8, 4) is 0 Å². The second-order valence-electron chi connectivity index (χ2n) is 4.33. The van der Waals surface area contributed by atoms with Crippen molar-refractivity contribution in [1.82, 2.24) is 0 Å². The maximum atomic E-state index is 11.2. The Kier molecular flexibility index (Phi) is 5.70. The minimum atomic E-state index is -0.169. The van der Waals surface area contributed by atoms with E-state index in [9.17, 15) is 4.79 Å². The van der Waals surface area contributed by atoms with Crippen molar-refractivity contribution < 1.29 is 14.6 Å². The van der Waals surface area contributed by atoms with Gasteiger partial charge in [0.25, 0.3) is 0 Å². The second kappa shape index (κ2) is 7.07. The van der Waals surface area contributed by atoms with Gasteiger partial charge in [0.15, 0.2) is 0 Å². The summed E-state index contributed by atoms with van der Waals surface area (Å²) in [6, 6.07) is 8.04. The first kappa shape index (κ1) is 13.7. The molecule has 1 aromatic carbocycles. The molecule has 0 saturated carbocycles. The fourth-order valence-corrected chi connectivity index (χ4v) is 1.94. The lowest BCUT2D eigenvalue weighted by molar-refractivity contribution is -0.141. The van der Waals surface area contributed by atoms with Crippen LogP contribution < -0.4 is 0 Å². The number of aliphatic hydroxyl groups excluding tert-OH is 1. The summed E-state index contributed by atoms with van der Waals surface area (Å²) in [5.74, 6) is 0.0828. The van der Waals surface area contributed by atoms with Crippen LogP contribution in [-0.4, -0.2) is 24.8 Å². The predicted octanol–water partition coefficient (Wildman–Crippen LogP) is 1.96. The Labute approximate surface area is 102 Å². The Bertz CT molecular complexity index is 360. The quantitative estimate of drug-likeness (QED) is 0.768. The summed E-state index contributed by atoms with van der Waals surface area (Å²) in [4.78, 5) is 11.2. The van der Waals surface area contributed by atoms with Crippen molar-refractivity contribution in [1.29, 1.82) is 0 Å². The van der Waals surface area contributed by atoms with E-state index < -0.39 is 0 Å². The lowest BCUT2D eigenvalue weighted by atomic mass is 9.93. The summed E-state index contributed by atoms with van der Waals surface area (Å²) in [6.07, 6.45) is 1.94. The van der Waals surface area contributed by atoms with Crippen LogP contribution in [0.25, 0.3) is 0 Å². The van der Waals surface area contributed by atoms with Crippen LogP contribution in [0.4, 0.5) is 0 Å². The van der Waals surface area contributed by atoms with Crippen LogP contribution in [0.2, 0.25) is 0 Å². The van der Waals surface area contributed by atoms with Gasteiger partial charge in [-0.25, -0.2) is 0 Å². The van der Waals surface area contributed by atoms with Crippen LogP contribution >= 0.6 is 0 Å². The van der Waals surface area contributed by atoms with E-state index in [-0.39, 0.29) is 18.5 Å². The Morgan fingerprint density at radius 3 is 2.59 bits per heavy atom. The zero-order valence-corrected chi connectivity index (χ0v) is 10.5. The molecule has 0 radical (unpaired) electrons. The fourth-order valence-electron chi connectivity index (χ4n) is 1.94. The van der Waals surface area contributed by atoms with Crippen LogP contribution in [0.5, 0.6) is 0 Å². The lowest BCUT2D eigenvalue weighted by Gasteiger charge is -2.13. The maximum Gasteiger partial charge on any atom is 0.305 e. The highest BCUT2D eigenvalue weighted by molar-refractivity contribution is 5.69. The van der Waals surface area contributed by atoms with Crippen molar-refractivity contribution in [3.05, 3.63) is 35.4 Å². The van der Waals surface area contributed by atoms with Gasteiger partial charge in [-0.1, -0.05) is 31.2 Å². The van der Waals surface area contributed by atoms with Crippen LogP contribution in [0.1, 0.15) is 24.5 Å². The summed E-state index contributed by atoms with van der Waals surface area (Å²) >= 11 is 0. The molecule has 0 fully saturated rings. The number of esters is 1. The highest BCUT2D eigenvalue weighted by atomic mass is 16.5. The van der Waals surface area contributed by atoms with Gasteiger partial charge in [0.05, 0.1) is 7.11 Å². The predicted molar refractivity (Wildman–Crippen MR) is 66.7 cm³/mol. The fraction of sp³-hybridized carbons (Fsp3) is 0.500. The summed E-state index contributed by atoms with van der Waals surface area (Å²) in [5, 5.41) is 8.99. The molecule has 0 aromatic heterocycles. The highest BCUT2D eigenvalue weighted by Gasteiger charge is 2.11. The Balaban J connectivity index is 2.63. The highest BCUT2D eigenvalue weighted by Crippen LogP contribution is 2.17. The standard InChI is InChI=1S/C14H20O3/c1-11(10-14(16)17-2)9-13-6-4-3-5-12(13)7-8-15/h3-6,11,15H,7-10H2,1-2H3. The summed E-state index contributed by atoms with van der Waals surface area (Å²) < 4.78 is 4.66. The number of aliphatic hydroxyl groups is 1. The zero-order chi connectivity index (χ0) is 12.7. The number of benzene rings is 1. The number of hydrogen-bond acceptors (Lipinski definition) is 3. The van der Waals surface area contributed by atoms with Gasteiger partial charge in [-0.2, -0.15) is 0 Å². The van der Waals surface area contributed by atoms with E-state index in [1.807, 2.05) is 25.1 Å². The van der Waals surface area contributed by atoms with Gasteiger partial charge in [0, 0.05) is 13.0 Å². The van der Waals surface area contributed by atoms with Crippen molar-refractivity contribution in [2.45, 2.75) is 26.2 Å². The maximum absolute atomic E-state index is 11.2.